The van der Waals surface area contributed by atoms with Crippen molar-refractivity contribution in [3.8, 4) is 11.5 Å². The van der Waals surface area contributed by atoms with E-state index in [4.69, 9.17) is 9.47 Å². The third-order valence-electron chi connectivity index (χ3n) is 5.48. The van der Waals surface area contributed by atoms with Gasteiger partial charge in [0, 0.05) is 16.5 Å². The lowest BCUT2D eigenvalue weighted by Crippen LogP contribution is -2.22. The lowest BCUT2D eigenvalue weighted by molar-refractivity contribution is 0.279. The Morgan fingerprint density at radius 1 is 1.11 bits per heavy atom. The van der Waals surface area contributed by atoms with Crippen LogP contribution in [-0.4, -0.2) is 23.0 Å². The van der Waals surface area contributed by atoms with E-state index in [9.17, 15) is 9.18 Å². The van der Waals surface area contributed by atoms with Crippen molar-refractivity contribution in [2.75, 3.05) is 7.11 Å². The molecular weight excluding hydrogens is 513 g/mol. The number of ether oxygens (including phenoxy) is 2. The van der Waals surface area contributed by atoms with Crippen LogP contribution < -0.4 is 15.0 Å². The zero-order chi connectivity index (χ0) is 24.8. The van der Waals surface area contributed by atoms with Crippen LogP contribution in [0.4, 0.5) is 4.39 Å². The molecule has 0 saturated heterocycles. The molecule has 0 bridgehead atoms. The highest BCUT2D eigenvalue weighted by Crippen LogP contribution is 2.28. The number of fused-ring (bicyclic) bond motifs is 1. The maximum absolute atomic E-state index is 13.9. The van der Waals surface area contributed by atoms with Gasteiger partial charge < -0.3 is 9.47 Å². The van der Waals surface area contributed by atoms with Gasteiger partial charge in [0.15, 0.2) is 11.5 Å². The van der Waals surface area contributed by atoms with E-state index in [0.29, 0.717) is 45.8 Å². The summed E-state index contributed by atoms with van der Waals surface area (Å²) >= 11 is 3.42. The Bertz CT molecular complexity index is 1440. The summed E-state index contributed by atoms with van der Waals surface area (Å²) in [7, 11) is 1.53. The summed E-state index contributed by atoms with van der Waals surface area (Å²) in [6.07, 6.45) is 4.10. The average molecular weight is 538 g/mol. The molecule has 0 spiro atoms. The zero-order valence-corrected chi connectivity index (χ0v) is 21.1. The lowest BCUT2D eigenvalue weighted by atomic mass is 10.2. The normalized spacial score (nSPS) is 11.3. The minimum absolute atomic E-state index is 0.0744. The summed E-state index contributed by atoms with van der Waals surface area (Å²) in [6, 6.07) is 17.2. The molecule has 0 aliphatic heterocycles. The first-order valence-corrected chi connectivity index (χ1v) is 12.1. The van der Waals surface area contributed by atoms with Gasteiger partial charge in [0.1, 0.15) is 18.2 Å². The summed E-state index contributed by atoms with van der Waals surface area (Å²) in [6.45, 7) is 2.16. The number of aryl methyl sites for hydroxylation is 1. The van der Waals surface area contributed by atoms with Gasteiger partial charge in [0.05, 0.1) is 24.2 Å². The van der Waals surface area contributed by atoms with Gasteiger partial charge in [-0.1, -0.05) is 47.5 Å². The molecule has 0 atom stereocenters. The quantitative estimate of drug-likeness (QED) is 0.241. The highest BCUT2D eigenvalue weighted by Gasteiger charge is 2.12. The fourth-order valence-electron chi connectivity index (χ4n) is 3.59. The lowest BCUT2D eigenvalue weighted by Gasteiger charge is -2.12. The molecule has 0 amide bonds. The maximum atomic E-state index is 13.9. The molecule has 0 saturated carbocycles. The Hall–Kier alpha value is -3.52. The Morgan fingerprint density at radius 3 is 2.71 bits per heavy atom. The van der Waals surface area contributed by atoms with Crippen LogP contribution in [0, 0.1) is 5.82 Å². The van der Waals surface area contributed by atoms with E-state index in [1.807, 2.05) is 12.1 Å². The Balaban J connectivity index is 1.63. The first-order chi connectivity index (χ1) is 17.0. The van der Waals surface area contributed by atoms with Crippen LogP contribution in [0.25, 0.3) is 10.9 Å². The number of hydrogen-bond acceptors (Lipinski definition) is 5. The molecule has 0 aliphatic rings. The van der Waals surface area contributed by atoms with Crippen molar-refractivity contribution in [2.45, 2.75) is 32.8 Å². The molecule has 4 aromatic rings. The standard InChI is InChI=1S/C27H25BrFN3O3/c1-3-4-9-26-31-23-12-11-20(28)15-21(23)27(33)32(26)30-16-18-10-13-24(25(14-18)34-2)35-17-19-7-5-6-8-22(19)29/h5-8,10-16H,3-4,9,17H2,1-2H3. The number of methoxy groups -OCH3 is 1. The SMILES string of the molecule is CCCCc1nc2ccc(Br)cc2c(=O)n1N=Cc1ccc(OCc2ccccc2F)c(OC)c1. The molecule has 0 radical (unpaired) electrons. The second-order valence-corrected chi connectivity index (χ2v) is 8.86. The van der Waals surface area contributed by atoms with Gasteiger partial charge in [0.2, 0.25) is 0 Å². The van der Waals surface area contributed by atoms with E-state index in [-0.39, 0.29) is 18.0 Å². The minimum Gasteiger partial charge on any atom is -0.493 e. The number of benzene rings is 3. The van der Waals surface area contributed by atoms with Crippen molar-refractivity contribution < 1.29 is 13.9 Å². The van der Waals surface area contributed by atoms with Crippen molar-refractivity contribution >= 4 is 33.0 Å². The summed E-state index contributed by atoms with van der Waals surface area (Å²) in [5.74, 6) is 1.24. The molecule has 4 rings (SSSR count). The number of unbranched alkanes of at least 4 members (excludes halogenated alkanes) is 1. The average Bonchev–Trinajstić information content (AvgIpc) is 2.87. The van der Waals surface area contributed by atoms with Crippen LogP contribution in [0.3, 0.4) is 0 Å². The van der Waals surface area contributed by atoms with E-state index < -0.39 is 0 Å². The van der Waals surface area contributed by atoms with Crippen molar-refractivity contribution in [3.05, 3.63) is 98.3 Å². The molecule has 1 aromatic heterocycles. The number of hydrogen-bond donors (Lipinski definition) is 0. The van der Waals surface area contributed by atoms with Crippen molar-refractivity contribution in [3.63, 3.8) is 0 Å². The van der Waals surface area contributed by atoms with Gasteiger partial charge in [-0.25, -0.2) is 9.37 Å². The summed E-state index contributed by atoms with van der Waals surface area (Å²) in [4.78, 5) is 17.9. The van der Waals surface area contributed by atoms with E-state index in [1.165, 1.54) is 17.9 Å². The molecule has 0 unspecified atom stereocenters. The van der Waals surface area contributed by atoms with Gasteiger partial charge in [-0.3, -0.25) is 4.79 Å². The largest absolute Gasteiger partial charge is 0.493 e. The predicted octanol–water partition coefficient (Wildman–Crippen LogP) is 6.11. The summed E-state index contributed by atoms with van der Waals surface area (Å²) in [5, 5.41) is 4.97. The smallest absolute Gasteiger partial charge is 0.282 e. The van der Waals surface area contributed by atoms with Crippen LogP contribution in [0.15, 0.2) is 75.0 Å². The number of halogens is 2. The highest BCUT2D eigenvalue weighted by atomic mass is 79.9. The maximum Gasteiger partial charge on any atom is 0.282 e. The van der Waals surface area contributed by atoms with Gasteiger partial charge in [-0.05, 0) is 54.4 Å². The Morgan fingerprint density at radius 2 is 1.94 bits per heavy atom. The predicted molar refractivity (Wildman–Crippen MR) is 139 cm³/mol. The van der Waals surface area contributed by atoms with Gasteiger partial charge >= 0.3 is 0 Å². The second kappa shape index (κ2) is 11.3. The number of rotatable bonds is 9. The monoisotopic (exact) mass is 537 g/mol. The van der Waals surface area contributed by atoms with Crippen LogP contribution in [0.2, 0.25) is 0 Å². The molecule has 8 heteroatoms. The van der Waals surface area contributed by atoms with Crippen LogP contribution in [0.5, 0.6) is 11.5 Å². The van der Waals surface area contributed by atoms with Crippen molar-refractivity contribution in [2.24, 2.45) is 5.10 Å². The van der Waals surface area contributed by atoms with Crippen molar-refractivity contribution in [1.29, 1.82) is 0 Å². The van der Waals surface area contributed by atoms with E-state index >= 15 is 0 Å². The molecule has 6 nitrogen and oxygen atoms in total. The van der Waals surface area contributed by atoms with Gasteiger partial charge in [-0.2, -0.15) is 9.78 Å². The fraction of sp³-hybridized carbons (Fsp3) is 0.222. The Kier molecular flexibility index (Phi) is 7.92. The van der Waals surface area contributed by atoms with Crippen LogP contribution in [0.1, 0.15) is 36.7 Å². The molecule has 35 heavy (non-hydrogen) atoms. The summed E-state index contributed by atoms with van der Waals surface area (Å²) < 4.78 is 27.3. The van der Waals surface area contributed by atoms with Gasteiger partial charge in [-0.15, -0.1) is 0 Å². The molecule has 0 fully saturated rings. The van der Waals surface area contributed by atoms with Crippen molar-refractivity contribution in [1.82, 2.24) is 9.66 Å². The molecule has 1 heterocycles. The van der Waals surface area contributed by atoms with Gasteiger partial charge in [0.25, 0.3) is 5.56 Å². The number of aromatic nitrogens is 2. The molecule has 0 N–H and O–H groups in total. The first kappa shape index (κ1) is 24.6. The summed E-state index contributed by atoms with van der Waals surface area (Å²) in [5.41, 5.74) is 1.58. The molecule has 3 aromatic carbocycles. The highest BCUT2D eigenvalue weighted by molar-refractivity contribution is 9.10. The van der Waals surface area contributed by atoms with E-state index in [0.717, 1.165) is 17.3 Å². The minimum atomic E-state index is -0.324. The van der Waals surface area contributed by atoms with Crippen LogP contribution in [-0.2, 0) is 13.0 Å². The zero-order valence-electron chi connectivity index (χ0n) is 19.5. The Labute approximate surface area is 211 Å². The first-order valence-electron chi connectivity index (χ1n) is 11.3. The third kappa shape index (κ3) is 5.77. The fourth-order valence-corrected chi connectivity index (χ4v) is 3.95. The molecule has 180 valence electrons. The van der Waals surface area contributed by atoms with E-state index in [1.54, 1.807) is 48.7 Å². The second-order valence-electron chi connectivity index (χ2n) is 7.94. The third-order valence-corrected chi connectivity index (χ3v) is 5.97. The topological polar surface area (TPSA) is 65.7 Å². The molecular formula is C27H25BrFN3O3. The number of nitrogens with zero attached hydrogens (tertiary/aromatic N) is 3. The van der Waals surface area contributed by atoms with Crippen LogP contribution >= 0.6 is 15.9 Å². The molecule has 0 aliphatic carbocycles. The van der Waals surface area contributed by atoms with E-state index in [2.05, 4.69) is 32.9 Å².